The van der Waals surface area contributed by atoms with E-state index in [1.54, 1.807) is 0 Å². The van der Waals surface area contributed by atoms with Gasteiger partial charge in [-0.1, -0.05) is 72.3 Å². The zero-order chi connectivity index (χ0) is 20.2. The van der Waals surface area contributed by atoms with Crippen molar-refractivity contribution in [2.45, 2.75) is 6.92 Å². The van der Waals surface area contributed by atoms with Crippen molar-refractivity contribution in [1.29, 1.82) is 0 Å². The molecule has 0 aliphatic rings. The summed E-state index contributed by atoms with van der Waals surface area (Å²) in [5.74, 6) is 1.16. The first-order chi connectivity index (χ1) is 14.7. The second-order valence-electron chi connectivity index (χ2n) is 7.63. The fourth-order valence-electron chi connectivity index (χ4n) is 4.19. The lowest BCUT2D eigenvalue weighted by Gasteiger charge is -2.12. The molecule has 30 heavy (non-hydrogen) atoms. The summed E-state index contributed by atoms with van der Waals surface area (Å²) < 4.78 is 0. The van der Waals surface area contributed by atoms with Crippen LogP contribution < -0.4 is 0 Å². The van der Waals surface area contributed by atoms with E-state index in [-0.39, 0.29) is 5.28 Å². The molecule has 0 aliphatic carbocycles. The molecular weight excluding hydrogens is 390 g/mol. The van der Waals surface area contributed by atoms with Crippen LogP contribution in [0.5, 0.6) is 0 Å². The van der Waals surface area contributed by atoms with Crippen LogP contribution >= 0.6 is 11.6 Å². The lowest BCUT2D eigenvalue weighted by Crippen LogP contribution is -1.97. The van der Waals surface area contributed by atoms with E-state index in [4.69, 9.17) is 16.6 Å². The van der Waals surface area contributed by atoms with Crippen LogP contribution in [0.1, 0.15) is 5.56 Å². The SMILES string of the molecule is Cc1ccc(-c2nc(Cl)nc(-c3cc4ccc5cccc6ccc(c3)c4c56)n2)cc1. The Bertz CT molecular complexity index is 1490. The van der Waals surface area contributed by atoms with Crippen LogP contribution in [0.25, 0.3) is 55.1 Å². The van der Waals surface area contributed by atoms with Gasteiger partial charge in [-0.2, -0.15) is 9.97 Å². The number of rotatable bonds is 2. The van der Waals surface area contributed by atoms with Crippen molar-refractivity contribution in [1.82, 2.24) is 15.0 Å². The standard InChI is InChI=1S/C26H16ClN3/c1-15-5-7-18(8-6-15)24-28-25(30-26(27)29-24)21-13-19-11-9-16-3-2-4-17-10-12-20(14-21)23(19)22(16)17/h2-14H,1H3. The highest BCUT2D eigenvalue weighted by Gasteiger charge is 2.13. The predicted octanol–water partition coefficient (Wildman–Crippen LogP) is 7.06. The first kappa shape index (κ1) is 17.3. The maximum absolute atomic E-state index is 6.28. The fourth-order valence-corrected chi connectivity index (χ4v) is 4.35. The topological polar surface area (TPSA) is 38.7 Å². The molecule has 1 aromatic heterocycles. The number of aromatic nitrogens is 3. The van der Waals surface area contributed by atoms with E-state index in [1.807, 2.05) is 24.3 Å². The van der Waals surface area contributed by atoms with Crippen molar-refractivity contribution < 1.29 is 0 Å². The number of aryl methyl sites for hydroxylation is 1. The lowest BCUT2D eigenvalue weighted by atomic mass is 9.93. The van der Waals surface area contributed by atoms with E-state index in [0.29, 0.717) is 11.6 Å². The van der Waals surface area contributed by atoms with Gasteiger partial charge in [0.25, 0.3) is 0 Å². The van der Waals surface area contributed by atoms with Crippen LogP contribution in [0.3, 0.4) is 0 Å². The highest BCUT2D eigenvalue weighted by molar-refractivity contribution is 6.28. The van der Waals surface area contributed by atoms with Crippen LogP contribution in [0.15, 0.2) is 78.9 Å². The van der Waals surface area contributed by atoms with Crippen molar-refractivity contribution in [2.75, 3.05) is 0 Å². The van der Waals surface area contributed by atoms with E-state index in [1.165, 1.54) is 37.9 Å². The molecule has 0 N–H and O–H groups in total. The van der Waals surface area contributed by atoms with Crippen LogP contribution in [-0.2, 0) is 0 Å². The van der Waals surface area contributed by atoms with Crippen molar-refractivity contribution in [3.63, 3.8) is 0 Å². The molecular formula is C26H16ClN3. The van der Waals surface area contributed by atoms with Crippen molar-refractivity contribution in [3.05, 3.63) is 89.7 Å². The zero-order valence-corrected chi connectivity index (χ0v) is 17.0. The minimum atomic E-state index is 0.195. The van der Waals surface area contributed by atoms with E-state index in [2.05, 4.69) is 71.5 Å². The number of benzene rings is 5. The summed E-state index contributed by atoms with van der Waals surface area (Å²) in [5, 5.41) is 7.61. The van der Waals surface area contributed by atoms with Gasteiger partial charge in [-0.05, 0) is 63.0 Å². The monoisotopic (exact) mass is 405 g/mol. The molecule has 5 aromatic carbocycles. The molecule has 0 bridgehead atoms. The van der Waals surface area contributed by atoms with Crippen LogP contribution in [0.4, 0.5) is 0 Å². The molecule has 142 valence electrons. The molecule has 0 saturated heterocycles. The number of nitrogens with zero attached hydrogens (tertiary/aromatic N) is 3. The first-order valence-electron chi connectivity index (χ1n) is 9.82. The molecule has 6 rings (SSSR count). The van der Waals surface area contributed by atoms with Gasteiger partial charge in [0.1, 0.15) is 0 Å². The lowest BCUT2D eigenvalue weighted by molar-refractivity contribution is 1.07. The smallest absolute Gasteiger partial charge is 0.208 e. The number of hydrogen-bond donors (Lipinski definition) is 0. The van der Waals surface area contributed by atoms with Gasteiger partial charge < -0.3 is 0 Å². The third kappa shape index (κ3) is 2.71. The summed E-state index contributed by atoms with van der Waals surface area (Å²) in [7, 11) is 0. The van der Waals surface area contributed by atoms with Crippen molar-refractivity contribution >= 4 is 43.9 Å². The summed E-state index contributed by atoms with van der Waals surface area (Å²) in [4.78, 5) is 13.5. The van der Waals surface area contributed by atoms with E-state index in [0.717, 1.165) is 11.1 Å². The predicted molar refractivity (Wildman–Crippen MR) is 124 cm³/mol. The Morgan fingerprint density at radius 2 is 1.10 bits per heavy atom. The molecule has 6 aromatic rings. The van der Waals surface area contributed by atoms with E-state index < -0.39 is 0 Å². The highest BCUT2D eigenvalue weighted by atomic mass is 35.5. The average Bonchev–Trinajstić information content (AvgIpc) is 2.77. The Balaban J connectivity index is 1.58. The number of halogens is 1. The maximum Gasteiger partial charge on any atom is 0.226 e. The van der Waals surface area contributed by atoms with Gasteiger partial charge in [-0.25, -0.2) is 4.98 Å². The Labute approximate surface area is 178 Å². The minimum absolute atomic E-state index is 0.195. The third-order valence-corrected chi connectivity index (χ3v) is 5.81. The van der Waals surface area contributed by atoms with Crippen LogP contribution in [-0.4, -0.2) is 15.0 Å². The Hall–Kier alpha value is -3.56. The van der Waals surface area contributed by atoms with Crippen molar-refractivity contribution in [3.8, 4) is 22.8 Å². The molecule has 0 radical (unpaired) electrons. The third-order valence-electron chi connectivity index (χ3n) is 5.64. The molecule has 0 atom stereocenters. The van der Waals surface area contributed by atoms with Gasteiger partial charge in [-0.3, -0.25) is 0 Å². The Kier molecular flexibility index (Phi) is 3.74. The summed E-state index contributed by atoms with van der Waals surface area (Å²) in [6.45, 7) is 2.05. The first-order valence-corrected chi connectivity index (χ1v) is 10.2. The molecule has 0 aliphatic heterocycles. The molecule has 0 amide bonds. The highest BCUT2D eigenvalue weighted by Crippen LogP contribution is 2.37. The molecule has 3 nitrogen and oxygen atoms in total. The van der Waals surface area contributed by atoms with Crippen LogP contribution in [0, 0.1) is 6.92 Å². The summed E-state index contributed by atoms with van der Waals surface area (Å²) in [6.07, 6.45) is 0. The largest absolute Gasteiger partial charge is 0.226 e. The molecule has 0 saturated carbocycles. The van der Waals surface area contributed by atoms with Crippen LogP contribution in [0.2, 0.25) is 5.28 Å². The quantitative estimate of drug-likeness (QED) is 0.289. The second-order valence-corrected chi connectivity index (χ2v) is 7.96. The van der Waals surface area contributed by atoms with Gasteiger partial charge >= 0.3 is 0 Å². The van der Waals surface area contributed by atoms with E-state index in [9.17, 15) is 0 Å². The molecule has 0 spiro atoms. The average molecular weight is 406 g/mol. The summed E-state index contributed by atoms with van der Waals surface area (Å²) in [5.41, 5.74) is 3.04. The van der Waals surface area contributed by atoms with Crippen molar-refractivity contribution in [2.24, 2.45) is 0 Å². The molecule has 0 fully saturated rings. The Morgan fingerprint density at radius 1 is 0.567 bits per heavy atom. The zero-order valence-electron chi connectivity index (χ0n) is 16.2. The Morgan fingerprint density at radius 3 is 1.73 bits per heavy atom. The minimum Gasteiger partial charge on any atom is -0.208 e. The number of hydrogen-bond acceptors (Lipinski definition) is 3. The summed E-state index contributed by atoms with van der Waals surface area (Å²) >= 11 is 6.28. The van der Waals surface area contributed by atoms with Gasteiger partial charge in [0, 0.05) is 11.1 Å². The normalized spacial score (nSPS) is 11.7. The van der Waals surface area contributed by atoms with Gasteiger partial charge in [0.2, 0.25) is 5.28 Å². The van der Waals surface area contributed by atoms with Gasteiger partial charge in [0.15, 0.2) is 11.6 Å². The molecule has 1 heterocycles. The van der Waals surface area contributed by atoms with E-state index >= 15 is 0 Å². The summed E-state index contributed by atoms with van der Waals surface area (Å²) in [6, 6.07) is 27.5. The van der Waals surface area contributed by atoms with Gasteiger partial charge in [-0.15, -0.1) is 0 Å². The molecule has 0 unspecified atom stereocenters. The van der Waals surface area contributed by atoms with Gasteiger partial charge in [0.05, 0.1) is 0 Å². The fraction of sp³-hybridized carbons (Fsp3) is 0.0385. The molecule has 4 heteroatoms. The second kappa shape index (κ2) is 6.48. The maximum atomic E-state index is 6.28.